The second kappa shape index (κ2) is 3.75. The molecule has 0 aromatic heterocycles. The van der Waals surface area contributed by atoms with Gasteiger partial charge in [0, 0.05) is 0 Å². The Morgan fingerprint density at radius 2 is 1.12 bits per heavy atom. The fourth-order valence-electron chi connectivity index (χ4n) is 5.46. The minimum atomic E-state index is 0.613. The molecule has 3 rings (SSSR count). The van der Waals surface area contributed by atoms with E-state index in [1.54, 1.807) is 0 Å². The van der Waals surface area contributed by atoms with Crippen molar-refractivity contribution in [2.45, 2.75) is 72.6 Å². The third-order valence-corrected chi connectivity index (χ3v) is 6.39. The molecular weight excluding hydrogens is 204 g/mol. The molecule has 0 radical (unpaired) electrons. The molecule has 0 saturated heterocycles. The summed E-state index contributed by atoms with van der Waals surface area (Å²) in [6, 6.07) is 0. The lowest BCUT2D eigenvalue weighted by Crippen LogP contribution is -2.32. The van der Waals surface area contributed by atoms with E-state index in [2.05, 4.69) is 27.7 Å². The number of fused-ring (bicyclic) bond motifs is 1. The van der Waals surface area contributed by atoms with Gasteiger partial charge in [0.2, 0.25) is 0 Å². The van der Waals surface area contributed by atoms with Crippen LogP contribution in [0.15, 0.2) is 0 Å². The van der Waals surface area contributed by atoms with E-state index in [1.165, 1.54) is 44.9 Å². The second-order valence-electron chi connectivity index (χ2n) is 8.63. The minimum Gasteiger partial charge on any atom is -0.0596 e. The van der Waals surface area contributed by atoms with E-state index in [1.807, 2.05) is 0 Å². The van der Waals surface area contributed by atoms with Crippen molar-refractivity contribution < 1.29 is 0 Å². The van der Waals surface area contributed by atoms with Crippen LogP contribution in [0.25, 0.3) is 0 Å². The molecule has 0 nitrogen and oxygen atoms in total. The Morgan fingerprint density at radius 1 is 0.647 bits per heavy atom. The van der Waals surface area contributed by atoms with E-state index in [0.29, 0.717) is 10.8 Å². The Balaban J connectivity index is 1.90. The summed E-state index contributed by atoms with van der Waals surface area (Å²) in [4.78, 5) is 0. The molecule has 3 aliphatic rings. The van der Waals surface area contributed by atoms with Gasteiger partial charge in [0.1, 0.15) is 0 Å². The van der Waals surface area contributed by atoms with Gasteiger partial charge < -0.3 is 0 Å². The van der Waals surface area contributed by atoms with Crippen LogP contribution in [0.2, 0.25) is 0 Å². The van der Waals surface area contributed by atoms with Crippen LogP contribution in [0.5, 0.6) is 0 Å². The molecule has 0 aromatic carbocycles. The monoisotopic (exact) mass is 234 g/mol. The lowest BCUT2D eigenvalue weighted by Gasteiger charge is -2.39. The smallest absolute Gasteiger partial charge is 0.0320 e. The number of hydrogen-bond acceptors (Lipinski definition) is 0. The van der Waals surface area contributed by atoms with Gasteiger partial charge in [-0.05, 0) is 73.0 Å². The van der Waals surface area contributed by atoms with Crippen LogP contribution in [0.4, 0.5) is 0 Å². The van der Waals surface area contributed by atoms with E-state index < -0.39 is 0 Å². The third kappa shape index (κ3) is 2.06. The van der Waals surface area contributed by atoms with Gasteiger partial charge in [-0.1, -0.05) is 34.1 Å². The summed E-state index contributed by atoms with van der Waals surface area (Å²) >= 11 is 0. The van der Waals surface area contributed by atoms with Crippen molar-refractivity contribution in [2.24, 2.45) is 34.5 Å². The zero-order chi connectivity index (χ0) is 12.3. The molecule has 0 bridgehead atoms. The van der Waals surface area contributed by atoms with Gasteiger partial charge in [-0.3, -0.25) is 0 Å². The zero-order valence-corrected chi connectivity index (χ0v) is 12.3. The first kappa shape index (κ1) is 12.1. The highest BCUT2D eigenvalue weighted by Gasteiger charge is 2.51. The topological polar surface area (TPSA) is 0 Å². The van der Waals surface area contributed by atoms with Gasteiger partial charge >= 0.3 is 0 Å². The zero-order valence-electron chi connectivity index (χ0n) is 12.3. The molecule has 3 fully saturated rings. The average Bonchev–Trinajstić information content (AvgIpc) is 2.92. The lowest BCUT2D eigenvalue weighted by molar-refractivity contribution is 0.0992. The van der Waals surface area contributed by atoms with Crippen molar-refractivity contribution in [1.82, 2.24) is 0 Å². The van der Waals surface area contributed by atoms with E-state index in [4.69, 9.17) is 0 Å². The first-order valence-electron chi connectivity index (χ1n) is 7.90. The molecule has 0 N–H and O–H groups in total. The van der Waals surface area contributed by atoms with Crippen LogP contribution in [-0.4, -0.2) is 0 Å². The Labute approximate surface area is 108 Å². The van der Waals surface area contributed by atoms with E-state index in [0.717, 1.165) is 23.7 Å². The fourth-order valence-corrected chi connectivity index (χ4v) is 5.46. The summed E-state index contributed by atoms with van der Waals surface area (Å²) in [5.41, 5.74) is 1.23. The maximum Gasteiger partial charge on any atom is -0.0320 e. The summed E-state index contributed by atoms with van der Waals surface area (Å²) < 4.78 is 0. The first-order valence-corrected chi connectivity index (χ1v) is 7.90. The normalized spacial score (nSPS) is 44.1. The van der Waals surface area contributed by atoms with Crippen LogP contribution in [-0.2, 0) is 0 Å². The van der Waals surface area contributed by atoms with E-state index in [9.17, 15) is 0 Å². The van der Waals surface area contributed by atoms with Crippen LogP contribution >= 0.6 is 0 Å². The summed E-state index contributed by atoms with van der Waals surface area (Å²) in [5, 5.41) is 0. The van der Waals surface area contributed by atoms with Crippen molar-refractivity contribution in [1.29, 1.82) is 0 Å². The van der Waals surface area contributed by atoms with Crippen LogP contribution < -0.4 is 0 Å². The molecule has 0 aliphatic heterocycles. The summed E-state index contributed by atoms with van der Waals surface area (Å²) in [6.45, 7) is 10.3. The fraction of sp³-hybridized carbons (Fsp3) is 1.00. The Bertz CT molecular complexity index is 271. The lowest BCUT2D eigenvalue weighted by atomic mass is 9.66. The van der Waals surface area contributed by atoms with Gasteiger partial charge in [-0.25, -0.2) is 0 Å². The molecule has 17 heavy (non-hydrogen) atoms. The van der Waals surface area contributed by atoms with Crippen molar-refractivity contribution in [3.63, 3.8) is 0 Å². The standard InChI is InChI=1S/C17H30/c1-16(2)10-13(12-8-9-12)11-17(3,4)15-7-5-6-14(15)16/h12-15H,5-11H2,1-4H3. The third-order valence-electron chi connectivity index (χ3n) is 6.39. The highest BCUT2D eigenvalue weighted by Crippen LogP contribution is 2.61. The average molecular weight is 234 g/mol. The van der Waals surface area contributed by atoms with Crippen molar-refractivity contribution >= 4 is 0 Å². The summed E-state index contributed by atoms with van der Waals surface area (Å²) in [5.74, 6) is 4.18. The summed E-state index contributed by atoms with van der Waals surface area (Å²) in [7, 11) is 0. The number of hydrogen-bond donors (Lipinski definition) is 0. The quantitative estimate of drug-likeness (QED) is 0.579. The SMILES string of the molecule is CC1(C)CC(C2CC2)CC(C)(C)C2CCCC21. The molecule has 98 valence electrons. The highest BCUT2D eigenvalue weighted by atomic mass is 14.6. The molecule has 0 heterocycles. The summed E-state index contributed by atoms with van der Waals surface area (Å²) in [6.07, 6.45) is 10.6. The molecule has 0 aromatic rings. The van der Waals surface area contributed by atoms with E-state index >= 15 is 0 Å². The van der Waals surface area contributed by atoms with Crippen LogP contribution in [0, 0.1) is 34.5 Å². The Kier molecular flexibility index (Phi) is 2.66. The van der Waals surface area contributed by atoms with Gasteiger partial charge in [-0.2, -0.15) is 0 Å². The van der Waals surface area contributed by atoms with Crippen LogP contribution in [0.1, 0.15) is 72.6 Å². The van der Waals surface area contributed by atoms with Gasteiger partial charge in [0.05, 0.1) is 0 Å². The predicted octanol–water partition coefficient (Wildman–Crippen LogP) is 5.28. The molecule has 3 saturated carbocycles. The maximum atomic E-state index is 2.58. The van der Waals surface area contributed by atoms with E-state index in [-0.39, 0.29) is 0 Å². The molecule has 2 atom stereocenters. The van der Waals surface area contributed by atoms with Crippen LogP contribution in [0.3, 0.4) is 0 Å². The minimum absolute atomic E-state index is 0.613. The molecule has 0 amide bonds. The maximum absolute atomic E-state index is 2.58. The molecule has 0 heteroatoms. The van der Waals surface area contributed by atoms with Crippen molar-refractivity contribution in [2.75, 3.05) is 0 Å². The second-order valence-corrected chi connectivity index (χ2v) is 8.63. The van der Waals surface area contributed by atoms with Gasteiger partial charge in [0.25, 0.3) is 0 Å². The molecule has 2 unspecified atom stereocenters. The van der Waals surface area contributed by atoms with Gasteiger partial charge in [0.15, 0.2) is 0 Å². The van der Waals surface area contributed by atoms with Gasteiger partial charge in [-0.15, -0.1) is 0 Å². The molecule has 3 aliphatic carbocycles. The largest absolute Gasteiger partial charge is 0.0596 e. The predicted molar refractivity (Wildman–Crippen MR) is 73.8 cm³/mol. The molecular formula is C17H30. The number of rotatable bonds is 1. The highest BCUT2D eigenvalue weighted by molar-refractivity contribution is 5.01. The molecule has 0 spiro atoms. The van der Waals surface area contributed by atoms with Crippen molar-refractivity contribution in [3.05, 3.63) is 0 Å². The first-order chi connectivity index (χ1) is 7.90. The Hall–Kier alpha value is 0. The van der Waals surface area contributed by atoms with Crippen molar-refractivity contribution in [3.8, 4) is 0 Å². The Morgan fingerprint density at radius 3 is 1.53 bits per heavy atom.